The number of hydrogen-bond acceptors (Lipinski definition) is 8. The molecule has 0 N–H and O–H groups in total. The van der Waals surface area contributed by atoms with E-state index < -0.39 is 17.7 Å². The maximum atomic E-state index is 6.51. The number of ether oxygens (including phenoxy) is 3. The third-order valence-corrected chi connectivity index (χ3v) is 9.71. The largest absolute Gasteiger partial charge is 0.465 e. The molecule has 1 spiro atoms. The van der Waals surface area contributed by atoms with Crippen LogP contribution in [0.4, 0.5) is 5.82 Å². The summed E-state index contributed by atoms with van der Waals surface area (Å²) in [5, 5.41) is 0. The third-order valence-electron chi connectivity index (χ3n) is 9.71. The van der Waals surface area contributed by atoms with Crippen LogP contribution in [0.2, 0.25) is 0 Å². The van der Waals surface area contributed by atoms with Crippen LogP contribution in [0, 0.1) is 23.7 Å². The summed E-state index contributed by atoms with van der Waals surface area (Å²) >= 11 is 0. The van der Waals surface area contributed by atoms with Crippen molar-refractivity contribution in [3.05, 3.63) is 54.2 Å². The van der Waals surface area contributed by atoms with Gasteiger partial charge >= 0.3 is 0 Å². The van der Waals surface area contributed by atoms with Gasteiger partial charge in [0.15, 0.2) is 11.9 Å². The van der Waals surface area contributed by atoms with Crippen molar-refractivity contribution in [2.75, 3.05) is 31.1 Å². The maximum Gasteiger partial charge on any atom is 0.205 e. The van der Waals surface area contributed by atoms with Crippen LogP contribution < -0.4 is 9.64 Å². The summed E-state index contributed by atoms with van der Waals surface area (Å²) in [6, 6.07) is 14.6. The molecule has 6 heterocycles. The number of anilines is 1. The lowest BCUT2D eigenvalue weighted by molar-refractivity contribution is -0.614. The SMILES string of the molecule is C[C@@H]1CCC2[C@@H](C)[C@@H](Oc3ccc(CN4CCN(c5ccccn5)CC4)cc3)O[C@@H]3O[C@]4(C)CC1[C@@]23OO4. The first-order valence-electron chi connectivity index (χ1n) is 14.3. The van der Waals surface area contributed by atoms with Crippen molar-refractivity contribution in [1.82, 2.24) is 9.88 Å². The van der Waals surface area contributed by atoms with Gasteiger partial charge in [-0.15, -0.1) is 0 Å². The lowest BCUT2D eigenvalue weighted by atomic mass is 9.56. The van der Waals surface area contributed by atoms with Crippen molar-refractivity contribution in [1.29, 1.82) is 0 Å². The van der Waals surface area contributed by atoms with Gasteiger partial charge in [0.25, 0.3) is 0 Å². The lowest BCUT2D eigenvalue weighted by Gasteiger charge is -2.66. The van der Waals surface area contributed by atoms with Crippen molar-refractivity contribution < 1.29 is 24.0 Å². The molecule has 6 fully saturated rings. The van der Waals surface area contributed by atoms with Gasteiger partial charge in [-0.2, -0.15) is 0 Å². The van der Waals surface area contributed by atoms with Crippen LogP contribution in [0.5, 0.6) is 5.75 Å². The van der Waals surface area contributed by atoms with Crippen molar-refractivity contribution >= 4 is 5.82 Å². The van der Waals surface area contributed by atoms with E-state index in [0.717, 1.165) is 57.1 Å². The zero-order chi connectivity index (χ0) is 25.9. The van der Waals surface area contributed by atoms with E-state index in [9.17, 15) is 0 Å². The Bertz CT molecular complexity index is 1130. The first-order chi connectivity index (χ1) is 18.4. The minimum atomic E-state index is -0.761. The highest BCUT2D eigenvalue weighted by molar-refractivity contribution is 5.38. The molecule has 2 aromatic rings. The van der Waals surface area contributed by atoms with Gasteiger partial charge < -0.3 is 19.1 Å². The molecular formula is C30H39N3O5. The summed E-state index contributed by atoms with van der Waals surface area (Å²) in [4.78, 5) is 21.3. The van der Waals surface area contributed by atoms with Crippen LogP contribution in [0.25, 0.3) is 0 Å². The Balaban J connectivity index is 0.988. The fourth-order valence-electron chi connectivity index (χ4n) is 7.56. The minimum absolute atomic E-state index is 0.158. The van der Waals surface area contributed by atoms with Crippen molar-refractivity contribution in [3.63, 3.8) is 0 Å². The van der Waals surface area contributed by atoms with Crippen LogP contribution in [-0.2, 0) is 25.8 Å². The van der Waals surface area contributed by atoms with E-state index in [1.807, 2.05) is 19.2 Å². The van der Waals surface area contributed by atoms with Gasteiger partial charge in [-0.25, -0.2) is 14.8 Å². The number of aromatic nitrogens is 1. The Morgan fingerprint density at radius 1 is 0.974 bits per heavy atom. The molecule has 204 valence electrons. The molecule has 1 aliphatic carbocycles. The predicted octanol–water partition coefficient (Wildman–Crippen LogP) is 4.60. The van der Waals surface area contributed by atoms with Crippen molar-refractivity contribution in [2.24, 2.45) is 23.7 Å². The highest BCUT2D eigenvalue weighted by Crippen LogP contribution is 2.62. The summed E-state index contributed by atoms with van der Waals surface area (Å²) < 4.78 is 19.3. The van der Waals surface area contributed by atoms with Crippen molar-refractivity contribution in [2.45, 2.75) is 70.5 Å². The van der Waals surface area contributed by atoms with Gasteiger partial charge in [-0.05, 0) is 55.5 Å². The molecular weight excluding hydrogens is 482 g/mol. The van der Waals surface area contributed by atoms with E-state index in [1.54, 1.807) is 0 Å². The van der Waals surface area contributed by atoms with Crippen molar-refractivity contribution in [3.8, 4) is 5.75 Å². The Kier molecular flexibility index (Phi) is 6.17. The molecule has 1 saturated carbocycles. The number of nitrogens with zero attached hydrogens (tertiary/aromatic N) is 3. The van der Waals surface area contributed by atoms with Gasteiger partial charge in [0.1, 0.15) is 11.6 Å². The Morgan fingerprint density at radius 2 is 1.79 bits per heavy atom. The zero-order valence-electron chi connectivity index (χ0n) is 22.6. The summed E-state index contributed by atoms with van der Waals surface area (Å²) in [7, 11) is 0. The molecule has 2 bridgehead atoms. The maximum absolute atomic E-state index is 6.51. The Labute approximate surface area is 225 Å². The molecule has 0 amide bonds. The van der Waals surface area contributed by atoms with Gasteiger partial charge in [0.05, 0.1) is 0 Å². The third kappa shape index (κ3) is 4.12. The molecule has 1 aromatic carbocycles. The second-order valence-corrected chi connectivity index (χ2v) is 12.2. The molecule has 8 atom stereocenters. The summed E-state index contributed by atoms with van der Waals surface area (Å²) in [6.45, 7) is 11.5. The first-order valence-corrected chi connectivity index (χ1v) is 14.3. The fraction of sp³-hybridized carbons (Fsp3) is 0.633. The van der Waals surface area contributed by atoms with Crippen LogP contribution >= 0.6 is 0 Å². The monoisotopic (exact) mass is 521 g/mol. The van der Waals surface area contributed by atoms with Gasteiger partial charge in [0, 0.05) is 63.1 Å². The standard InChI is InChI=1S/C30H39N3O5/c1-20-7-12-24-21(2)27(35-28-30(24)25(20)18-29(3,36-28)37-38-30)34-23-10-8-22(9-11-23)19-32-14-16-33(17-15-32)26-6-4-5-13-31-26/h4-6,8-11,13,20-21,24-25,27-28H,7,12,14-19H2,1-3H3/t20-,21-,24?,25?,27+,28-,29+,30+/m1/s1. The summed E-state index contributed by atoms with van der Waals surface area (Å²) in [5.74, 6) is 2.48. The number of pyridine rings is 1. The topological polar surface area (TPSA) is 65.5 Å². The van der Waals surface area contributed by atoms with E-state index in [0.29, 0.717) is 11.8 Å². The number of hydrogen-bond donors (Lipinski definition) is 0. The Hall–Kier alpha value is -2.23. The lowest BCUT2D eigenvalue weighted by Crippen LogP contribution is -2.76. The molecule has 6 aliphatic rings. The molecule has 8 heteroatoms. The second kappa shape index (κ2) is 9.45. The highest BCUT2D eigenvalue weighted by atomic mass is 17.3. The first kappa shape index (κ1) is 24.8. The molecule has 38 heavy (non-hydrogen) atoms. The number of fused-ring (bicyclic) bond motifs is 1. The molecule has 5 saturated heterocycles. The van der Waals surface area contributed by atoms with E-state index in [-0.39, 0.29) is 18.1 Å². The van der Waals surface area contributed by atoms with Crippen LogP contribution in [0.15, 0.2) is 48.7 Å². The normalized spacial score (nSPS) is 40.6. The number of rotatable bonds is 5. The molecule has 0 radical (unpaired) electrons. The summed E-state index contributed by atoms with van der Waals surface area (Å²) in [5.41, 5.74) is 0.745. The highest BCUT2D eigenvalue weighted by Gasteiger charge is 2.72. The number of benzene rings is 1. The van der Waals surface area contributed by atoms with Gasteiger partial charge in [-0.1, -0.05) is 32.0 Å². The molecule has 8 rings (SSSR count). The van der Waals surface area contributed by atoms with E-state index >= 15 is 0 Å². The van der Waals surface area contributed by atoms with E-state index in [2.05, 4.69) is 65.0 Å². The van der Waals surface area contributed by atoms with E-state index in [4.69, 9.17) is 24.0 Å². The van der Waals surface area contributed by atoms with Crippen LogP contribution in [0.1, 0.15) is 45.6 Å². The average molecular weight is 522 g/mol. The summed E-state index contributed by atoms with van der Waals surface area (Å²) in [6.07, 6.45) is 4.10. The Morgan fingerprint density at radius 3 is 2.55 bits per heavy atom. The quantitative estimate of drug-likeness (QED) is 0.529. The smallest absolute Gasteiger partial charge is 0.205 e. The molecule has 2 unspecified atom stereocenters. The van der Waals surface area contributed by atoms with Crippen LogP contribution in [0.3, 0.4) is 0 Å². The van der Waals surface area contributed by atoms with E-state index in [1.165, 1.54) is 12.0 Å². The van der Waals surface area contributed by atoms with Gasteiger partial charge in [-0.3, -0.25) is 4.90 Å². The average Bonchev–Trinajstić information content (AvgIpc) is 2.94. The van der Waals surface area contributed by atoms with Crippen LogP contribution in [-0.4, -0.2) is 60.0 Å². The minimum Gasteiger partial charge on any atom is -0.465 e. The molecule has 8 nitrogen and oxygen atoms in total. The zero-order valence-corrected chi connectivity index (χ0v) is 22.6. The fourth-order valence-corrected chi connectivity index (χ4v) is 7.56. The predicted molar refractivity (Wildman–Crippen MR) is 141 cm³/mol. The second-order valence-electron chi connectivity index (χ2n) is 12.2. The molecule has 1 aromatic heterocycles. The number of piperazine rings is 1. The van der Waals surface area contributed by atoms with Gasteiger partial charge in [0.2, 0.25) is 12.1 Å². The molecule has 5 aliphatic heterocycles.